The highest BCUT2D eigenvalue weighted by molar-refractivity contribution is 7.91. The number of nitrogens with zero attached hydrogens (tertiary/aromatic N) is 1. The number of sulfonamides is 1. The number of hydrogen-bond acceptors (Lipinski definition) is 5. The van der Waals surface area contributed by atoms with Gasteiger partial charge >= 0.3 is 6.36 Å². The van der Waals surface area contributed by atoms with E-state index in [1.54, 1.807) is 6.07 Å². The maximum absolute atomic E-state index is 12.3. The van der Waals surface area contributed by atoms with Gasteiger partial charge in [0.1, 0.15) is 5.75 Å². The van der Waals surface area contributed by atoms with Crippen LogP contribution in [0, 0.1) is 0 Å². The fourth-order valence-electron chi connectivity index (χ4n) is 2.52. The molecule has 0 unspecified atom stereocenters. The third-order valence-corrected chi connectivity index (χ3v) is 4.85. The van der Waals surface area contributed by atoms with Crippen LogP contribution in [0.5, 0.6) is 5.75 Å². The van der Waals surface area contributed by atoms with Crippen molar-refractivity contribution in [1.82, 2.24) is 4.98 Å². The molecule has 140 valence electrons. The first-order valence-electron chi connectivity index (χ1n) is 7.61. The number of alkyl halides is 3. The maximum atomic E-state index is 12.3. The van der Waals surface area contributed by atoms with Crippen LogP contribution in [0.2, 0.25) is 0 Å². The summed E-state index contributed by atoms with van der Waals surface area (Å²) in [5.41, 5.74) is 2.33. The topological polar surface area (TPSA) is 77.5 Å². The van der Waals surface area contributed by atoms with Crippen molar-refractivity contribution in [2.45, 2.75) is 25.1 Å². The van der Waals surface area contributed by atoms with Gasteiger partial charge in [-0.2, -0.15) is 0 Å². The van der Waals surface area contributed by atoms with Crippen molar-refractivity contribution in [3.63, 3.8) is 0 Å². The molecule has 1 N–H and O–H groups in total. The Balaban J connectivity index is 1.67. The highest BCUT2D eigenvalue weighted by atomic mass is 32.2. The van der Waals surface area contributed by atoms with Gasteiger partial charge in [0.05, 0.1) is 30.9 Å². The summed E-state index contributed by atoms with van der Waals surface area (Å²) in [7, 11) is -3.76. The van der Waals surface area contributed by atoms with Crippen molar-refractivity contribution in [2.24, 2.45) is 0 Å². The number of anilines is 1. The highest BCUT2D eigenvalue weighted by Crippen LogP contribution is 2.24. The largest absolute Gasteiger partial charge is 0.573 e. The number of ether oxygens (including phenoxy) is 2. The molecule has 0 bridgehead atoms. The summed E-state index contributed by atoms with van der Waals surface area (Å²) < 4.78 is 72.4. The molecule has 1 aliphatic rings. The molecule has 0 saturated heterocycles. The number of nitrogens with one attached hydrogen (secondary N) is 1. The monoisotopic (exact) mass is 388 g/mol. The Bertz CT molecular complexity index is 883. The van der Waals surface area contributed by atoms with Crippen molar-refractivity contribution < 1.29 is 31.1 Å². The van der Waals surface area contributed by atoms with E-state index in [0.29, 0.717) is 30.9 Å². The molecule has 0 fully saturated rings. The molecule has 1 aliphatic heterocycles. The standard InChI is InChI=1S/C16H15F3N2O4S/c17-16(18,19)25-14-3-1-11(2-4-14)10-26(22,23)21-13-7-12-9-24-6-5-15(12)20-8-13/h1-4,7-8,21H,5-6,9-10H2. The molecule has 6 nitrogen and oxygen atoms in total. The third-order valence-electron chi connectivity index (χ3n) is 3.59. The van der Waals surface area contributed by atoms with E-state index in [1.807, 2.05) is 0 Å². The molecule has 0 saturated carbocycles. The van der Waals surface area contributed by atoms with Crippen LogP contribution >= 0.6 is 0 Å². The lowest BCUT2D eigenvalue weighted by Gasteiger charge is -2.16. The van der Waals surface area contributed by atoms with Crippen LogP contribution in [0.25, 0.3) is 0 Å². The molecule has 26 heavy (non-hydrogen) atoms. The zero-order chi connectivity index (χ0) is 18.8. The van der Waals surface area contributed by atoms with Crippen molar-refractivity contribution in [1.29, 1.82) is 0 Å². The number of fused-ring (bicyclic) bond motifs is 1. The number of aromatic nitrogens is 1. The first-order valence-corrected chi connectivity index (χ1v) is 9.26. The molecule has 10 heteroatoms. The molecule has 2 aromatic rings. The third kappa shape index (κ3) is 5.09. The molecule has 2 heterocycles. The van der Waals surface area contributed by atoms with Crippen molar-refractivity contribution in [2.75, 3.05) is 11.3 Å². The second kappa shape index (κ2) is 7.12. The quantitative estimate of drug-likeness (QED) is 0.852. The summed E-state index contributed by atoms with van der Waals surface area (Å²) in [6, 6.07) is 6.32. The fourth-order valence-corrected chi connectivity index (χ4v) is 3.69. The van der Waals surface area contributed by atoms with Gasteiger partial charge in [-0.3, -0.25) is 9.71 Å². The smallest absolute Gasteiger partial charge is 0.406 e. The van der Waals surface area contributed by atoms with E-state index in [0.717, 1.165) is 23.4 Å². The second-order valence-electron chi connectivity index (χ2n) is 5.69. The van der Waals surface area contributed by atoms with Crippen LogP contribution in [-0.2, 0) is 33.5 Å². The summed E-state index contributed by atoms with van der Waals surface area (Å²) >= 11 is 0. The second-order valence-corrected chi connectivity index (χ2v) is 7.41. The minimum absolute atomic E-state index is 0.311. The summed E-state index contributed by atoms with van der Waals surface area (Å²) in [4.78, 5) is 4.23. The van der Waals surface area contributed by atoms with Gasteiger partial charge in [0.15, 0.2) is 0 Å². The van der Waals surface area contributed by atoms with Crippen LogP contribution in [0.15, 0.2) is 36.5 Å². The van der Waals surface area contributed by atoms with E-state index in [-0.39, 0.29) is 0 Å². The van der Waals surface area contributed by atoms with Gasteiger partial charge < -0.3 is 9.47 Å². The van der Waals surface area contributed by atoms with Crippen LogP contribution in [-0.4, -0.2) is 26.4 Å². The van der Waals surface area contributed by atoms with Crippen molar-refractivity contribution in [3.05, 3.63) is 53.3 Å². The molecular weight excluding hydrogens is 373 g/mol. The number of hydrogen-bond donors (Lipinski definition) is 1. The van der Waals surface area contributed by atoms with E-state index < -0.39 is 27.9 Å². The predicted molar refractivity (Wildman–Crippen MR) is 87.0 cm³/mol. The molecular formula is C16H15F3N2O4S. The van der Waals surface area contributed by atoms with Gasteiger partial charge in [-0.25, -0.2) is 8.42 Å². The molecule has 0 atom stereocenters. The Morgan fingerprint density at radius 2 is 1.96 bits per heavy atom. The molecule has 1 aromatic carbocycles. The summed E-state index contributed by atoms with van der Waals surface area (Å²) in [5, 5.41) is 0. The molecule has 0 amide bonds. The normalized spacial score (nSPS) is 14.6. The minimum atomic E-state index is -4.79. The molecule has 0 spiro atoms. The number of benzene rings is 1. The van der Waals surface area contributed by atoms with Crippen LogP contribution in [0.1, 0.15) is 16.8 Å². The number of halogens is 3. The van der Waals surface area contributed by atoms with Crippen molar-refractivity contribution in [3.8, 4) is 5.75 Å². The Morgan fingerprint density at radius 1 is 1.23 bits per heavy atom. The first-order chi connectivity index (χ1) is 12.2. The maximum Gasteiger partial charge on any atom is 0.573 e. The van der Waals surface area contributed by atoms with E-state index in [1.165, 1.54) is 18.3 Å². The molecule has 1 aromatic heterocycles. The highest BCUT2D eigenvalue weighted by Gasteiger charge is 2.31. The first kappa shape index (κ1) is 18.5. The van der Waals surface area contributed by atoms with Crippen LogP contribution < -0.4 is 9.46 Å². The van der Waals surface area contributed by atoms with E-state index >= 15 is 0 Å². The van der Waals surface area contributed by atoms with E-state index in [4.69, 9.17) is 4.74 Å². The lowest BCUT2D eigenvalue weighted by Crippen LogP contribution is -2.18. The Labute approximate surface area is 148 Å². The van der Waals surface area contributed by atoms with Crippen LogP contribution in [0.3, 0.4) is 0 Å². The van der Waals surface area contributed by atoms with Gasteiger partial charge in [0, 0.05) is 17.7 Å². The fraction of sp³-hybridized carbons (Fsp3) is 0.312. The molecule has 3 rings (SSSR count). The summed E-state index contributed by atoms with van der Waals surface area (Å²) in [5.74, 6) is -0.808. The van der Waals surface area contributed by atoms with Gasteiger partial charge in [0.25, 0.3) is 0 Å². The molecule has 0 radical (unpaired) electrons. The SMILES string of the molecule is O=S(=O)(Cc1ccc(OC(F)(F)F)cc1)Nc1cnc2c(c1)COCC2. The lowest BCUT2D eigenvalue weighted by atomic mass is 10.1. The van der Waals surface area contributed by atoms with Gasteiger partial charge in [0.2, 0.25) is 10.0 Å². The van der Waals surface area contributed by atoms with Gasteiger partial charge in [-0.1, -0.05) is 12.1 Å². The van der Waals surface area contributed by atoms with Gasteiger partial charge in [-0.15, -0.1) is 13.2 Å². The number of rotatable bonds is 5. The molecule has 0 aliphatic carbocycles. The van der Waals surface area contributed by atoms with Crippen LogP contribution in [0.4, 0.5) is 18.9 Å². The Hall–Kier alpha value is -2.33. The van der Waals surface area contributed by atoms with E-state index in [2.05, 4.69) is 14.4 Å². The average molecular weight is 388 g/mol. The average Bonchev–Trinajstić information content (AvgIpc) is 2.54. The zero-order valence-corrected chi connectivity index (χ0v) is 14.2. The predicted octanol–water partition coefficient (Wildman–Crippen LogP) is 2.99. The zero-order valence-electron chi connectivity index (χ0n) is 13.4. The van der Waals surface area contributed by atoms with Crippen molar-refractivity contribution >= 4 is 15.7 Å². The lowest BCUT2D eigenvalue weighted by molar-refractivity contribution is -0.274. The Kier molecular flexibility index (Phi) is 5.05. The van der Waals surface area contributed by atoms with Gasteiger partial charge in [-0.05, 0) is 23.8 Å². The summed E-state index contributed by atoms with van der Waals surface area (Å²) in [6.45, 7) is 0.956. The minimum Gasteiger partial charge on any atom is -0.406 e. The van der Waals surface area contributed by atoms with E-state index in [9.17, 15) is 21.6 Å². The Morgan fingerprint density at radius 3 is 2.65 bits per heavy atom. The number of pyridine rings is 1. The summed E-state index contributed by atoms with van der Waals surface area (Å²) in [6.07, 6.45) is -2.69.